The first-order valence-electron chi connectivity index (χ1n) is 9.40. The number of amides is 2. The molecule has 2 amide bonds. The van der Waals surface area contributed by atoms with E-state index in [1.807, 2.05) is 36.1 Å². The average Bonchev–Trinajstić information content (AvgIpc) is 3.27. The predicted molar refractivity (Wildman–Crippen MR) is 101 cm³/mol. The molecular formula is C20H26N4O2. The molecule has 1 unspecified atom stereocenters. The van der Waals surface area contributed by atoms with Gasteiger partial charge < -0.3 is 19.7 Å². The third-order valence-electron chi connectivity index (χ3n) is 5.62. The lowest BCUT2D eigenvalue weighted by molar-refractivity contribution is -0.136. The molecule has 1 aromatic heterocycles. The highest BCUT2D eigenvalue weighted by molar-refractivity contribution is 6.00. The number of carbonyl (C=O) groups is 2. The second-order valence-corrected chi connectivity index (χ2v) is 7.56. The average molecular weight is 354 g/mol. The molecule has 26 heavy (non-hydrogen) atoms. The third kappa shape index (κ3) is 3.09. The number of nitrogens with one attached hydrogen (secondary N) is 1. The minimum atomic E-state index is -0.320. The highest BCUT2D eigenvalue weighted by Crippen LogP contribution is 2.24. The van der Waals surface area contributed by atoms with Crippen LogP contribution >= 0.6 is 0 Å². The molecule has 0 spiro atoms. The summed E-state index contributed by atoms with van der Waals surface area (Å²) in [5.41, 5.74) is 2.70. The lowest BCUT2D eigenvalue weighted by atomic mass is 10.1. The van der Waals surface area contributed by atoms with Crippen LogP contribution in [0, 0.1) is 6.92 Å². The number of H-pyrrole nitrogens is 1. The lowest BCUT2D eigenvalue weighted by Crippen LogP contribution is -2.53. The van der Waals surface area contributed by atoms with Crippen LogP contribution in [0.4, 0.5) is 0 Å². The number of benzene rings is 1. The number of likely N-dealkylation sites (N-methyl/N-ethyl adjacent to an activating group) is 1. The summed E-state index contributed by atoms with van der Waals surface area (Å²) >= 11 is 0. The molecule has 2 aliphatic rings. The Bertz CT molecular complexity index is 835. The van der Waals surface area contributed by atoms with Crippen LogP contribution in [-0.2, 0) is 4.79 Å². The molecule has 2 saturated heterocycles. The number of aromatic nitrogens is 1. The summed E-state index contributed by atoms with van der Waals surface area (Å²) < 4.78 is 0. The van der Waals surface area contributed by atoms with Crippen molar-refractivity contribution in [2.24, 2.45) is 0 Å². The molecule has 0 aliphatic carbocycles. The number of likely N-dealkylation sites (tertiary alicyclic amines) is 1. The first kappa shape index (κ1) is 17.1. The molecule has 2 aliphatic heterocycles. The summed E-state index contributed by atoms with van der Waals surface area (Å²) in [4.78, 5) is 35.2. The van der Waals surface area contributed by atoms with Crippen molar-refractivity contribution in [3.05, 3.63) is 35.5 Å². The number of aryl methyl sites for hydroxylation is 1. The standard InChI is InChI=1S/C20H26N4O2/c1-14-5-6-15-13-17(21-16(15)12-14)19(25)24-7-3-4-18(24)20(26)23-10-8-22(2)9-11-23/h5-6,12-13,18,21H,3-4,7-11H2,1-2H3. The van der Waals surface area contributed by atoms with Gasteiger partial charge in [-0.25, -0.2) is 0 Å². The van der Waals surface area contributed by atoms with Gasteiger partial charge in [-0.2, -0.15) is 0 Å². The first-order valence-corrected chi connectivity index (χ1v) is 9.40. The molecule has 2 aromatic rings. The van der Waals surface area contributed by atoms with Gasteiger partial charge in [-0.3, -0.25) is 9.59 Å². The summed E-state index contributed by atoms with van der Waals surface area (Å²) in [5, 5.41) is 1.03. The van der Waals surface area contributed by atoms with Crippen molar-refractivity contribution in [1.82, 2.24) is 19.7 Å². The molecule has 3 heterocycles. The fraction of sp³-hybridized carbons (Fsp3) is 0.500. The molecule has 0 saturated carbocycles. The van der Waals surface area contributed by atoms with E-state index in [1.165, 1.54) is 0 Å². The van der Waals surface area contributed by atoms with Gasteiger partial charge in [0.1, 0.15) is 11.7 Å². The maximum Gasteiger partial charge on any atom is 0.270 e. The smallest absolute Gasteiger partial charge is 0.270 e. The molecular weight excluding hydrogens is 328 g/mol. The maximum absolute atomic E-state index is 13.1. The number of nitrogens with zero attached hydrogens (tertiary/aromatic N) is 3. The van der Waals surface area contributed by atoms with Gasteiger partial charge in [-0.15, -0.1) is 0 Å². The van der Waals surface area contributed by atoms with Crippen LogP contribution in [-0.4, -0.2) is 77.3 Å². The molecule has 2 fully saturated rings. The van der Waals surface area contributed by atoms with Crippen LogP contribution in [0.15, 0.2) is 24.3 Å². The normalized spacial score (nSPS) is 21.5. The number of carbonyl (C=O) groups excluding carboxylic acids is 2. The Balaban J connectivity index is 1.53. The van der Waals surface area contributed by atoms with E-state index in [-0.39, 0.29) is 17.9 Å². The topological polar surface area (TPSA) is 59.7 Å². The summed E-state index contributed by atoms with van der Waals surface area (Å²) in [6.45, 7) is 5.98. The van der Waals surface area contributed by atoms with Crippen molar-refractivity contribution in [3.63, 3.8) is 0 Å². The summed E-state index contributed by atoms with van der Waals surface area (Å²) in [7, 11) is 2.07. The van der Waals surface area contributed by atoms with Gasteiger partial charge >= 0.3 is 0 Å². The molecule has 6 nitrogen and oxygen atoms in total. The van der Waals surface area contributed by atoms with Gasteiger partial charge in [-0.1, -0.05) is 12.1 Å². The van der Waals surface area contributed by atoms with Crippen molar-refractivity contribution in [1.29, 1.82) is 0 Å². The first-order chi connectivity index (χ1) is 12.5. The van der Waals surface area contributed by atoms with Crippen molar-refractivity contribution < 1.29 is 9.59 Å². The van der Waals surface area contributed by atoms with Crippen molar-refractivity contribution in [3.8, 4) is 0 Å². The minimum Gasteiger partial charge on any atom is -0.351 e. The second-order valence-electron chi connectivity index (χ2n) is 7.56. The van der Waals surface area contributed by atoms with E-state index in [1.54, 1.807) is 4.90 Å². The minimum absolute atomic E-state index is 0.0659. The molecule has 1 atom stereocenters. The number of piperazine rings is 1. The Labute approximate surface area is 153 Å². The SMILES string of the molecule is Cc1ccc2cc(C(=O)N3CCCC3C(=O)N3CCN(C)CC3)[nH]c2c1. The van der Waals surface area contributed by atoms with Crippen LogP contribution in [0.25, 0.3) is 10.9 Å². The van der Waals surface area contributed by atoms with Gasteiger partial charge in [0.2, 0.25) is 5.91 Å². The highest BCUT2D eigenvalue weighted by Gasteiger charge is 2.37. The molecule has 138 valence electrons. The summed E-state index contributed by atoms with van der Waals surface area (Å²) in [6, 6.07) is 7.68. The van der Waals surface area contributed by atoms with E-state index in [9.17, 15) is 9.59 Å². The number of hydrogen-bond acceptors (Lipinski definition) is 3. The third-order valence-corrected chi connectivity index (χ3v) is 5.62. The van der Waals surface area contributed by atoms with E-state index in [0.29, 0.717) is 12.2 Å². The monoisotopic (exact) mass is 354 g/mol. The van der Waals surface area contributed by atoms with E-state index in [2.05, 4.69) is 16.9 Å². The highest BCUT2D eigenvalue weighted by atomic mass is 16.2. The Hall–Kier alpha value is -2.34. The van der Waals surface area contributed by atoms with E-state index < -0.39 is 0 Å². The predicted octanol–water partition coefficient (Wildman–Crippen LogP) is 1.85. The number of aromatic amines is 1. The fourth-order valence-corrected chi connectivity index (χ4v) is 4.01. The zero-order chi connectivity index (χ0) is 18.3. The maximum atomic E-state index is 13.1. The number of rotatable bonds is 2. The Morgan fingerprint density at radius 3 is 2.62 bits per heavy atom. The van der Waals surface area contributed by atoms with Crippen LogP contribution in [0.5, 0.6) is 0 Å². The van der Waals surface area contributed by atoms with Crippen molar-refractivity contribution in [2.45, 2.75) is 25.8 Å². The van der Waals surface area contributed by atoms with Crippen LogP contribution in [0.3, 0.4) is 0 Å². The van der Waals surface area contributed by atoms with Gasteiger partial charge in [0.25, 0.3) is 5.91 Å². The number of hydrogen-bond donors (Lipinski definition) is 1. The van der Waals surface area contributed by atoms with E-state index in [0.717, 1.165) is 55.5 Å². The van der Waals surface area contributed by atoms with Gasteiger partial charge in [0.15, 0.2) is 0 Å². The van der Waals surface area contributed by atoms with Gasteiger partial charge in [-0.05, 0) is 44.5 Å². The molecule has 0 bridgehead atoms. The van der Waals surface area contributed by atoms with Gasteiger partial charge in [0.05, 0.1) is 0 Å². The fourth-order valence-electron chi connectivity index (χ4n) is 4.01. The zero-order valence-corrected chi connectivity index (χ0v) is 15.5. The quantitative estimate of drug-likeness (QED) is 0.895. The van der Waals surface area contributed by atoms with E-state index in [4.69, 9.17) is 0 Å². The zero-order valence-electron chi connectivity index (χ0n) is 15.5. The Kier molecular flexibility index (Phi) is 4.44. The number of fused-ring (bicyclic) bond motifs is 1. The summed E-state index contributed by atoms with van der Waals surface area (Å²) in [6.07, 6.45) is 1.64. The lowest BCUT2D eigenvalue weighted by Gasteiger charge is -2.35. The largest absolute Gasteiger partial charge is 0.351 e. The van der Waals surface area contributed by atoms with Crippen LogP contribution in [0.1, 0.15) is 28.9 Å². The van der Waals surface area contributed by atoms with E-state index >= 15 is 0 Å². The Morgan fingerprint density at radius 2 is 1.85 bits per heavy atom. The summed E-state index contributed by atoms with van der Waals surface area (Å²) in [5.74, 6) is 0.0414. The van der Waals surface area contributed by atoms with Gasteiger partial charge in [0, 0.05) is 43.6 Å². The Morgan fingerprint density at radius 1 is 1.08 bits per heavy atom. The van der Waals surface area contributed by atoms with Crippen molar-refractivity contribution in [2.75, 3.05) is 39.8 Å². The molecule has 1 aromatic carbocycles. The molecule has 4 rings (SSSR count). The van der Waals surface area contributed by atoms with Crippen LogP contribution in [0.2, 0.25) is 0 Å². The second kappa shape index (κ2) is 6.76. The molecule has 1 N–H and O–H groups in total. The van der Waals surface area contributed by atoms with Crippen LogP contribution < -0.4 is 0 Å². The van der Waals surface area contributed by atoms with Crippen molar-refractivity contribution >= 4 is 22.7 Å². The molecule has 0 radical (unpaired) electrons. The molecule has 6 heteroatoms.